The molecule has 5 rings (SSSR count). The van der Waals surface area contributed by atoms with Gasteiger partial charge in [0.15, 0.2) is 5.78 Å². The Morgan fingerprint density at radius 2 is 1.80 bits per heavy atom. The molecule has 3 aliphatic heterocycles. The summed E-state index contributed by atoms with van der Waals surface area (Å²) < 4.78 is 1.90. The number of nitrogens with zero attached hydrogens (tertiary/aromatic N) is 3. The maximum atomic E-state index is 12.7. The number of Topliss-reactive ketones (excluding diaryl/α,β-unsaturated/α-hetero) is 1. The second-order valence-corrected chi connectivity index (χ2v) is 8.94. The number of piperidine rings is 1. The third-order valence-corrected chi connectivity index (χ3v) is 6.79. The van der Waals surface area contributed by atoms with Gasteiger partial charge in [-0.15, -0.1) is 0 Å². The highest BCUT2D eigenvalue weighted by Crippen LogP contribution is 2.34. The lowest BCUT2D eigenvalue weighted by Crippen LogP contribution is -2.48. The monoisotopic (exact) mass is 405 g/mol. The molecule has 0 aliphatic carbocycles. The molecule has 0 radical (unpaired) electrons. The van der Waals surface area contributed by atoms with Crippen LogP contribution in [0.3, 0.4) is 0 Å². The van der Waals surface area contributed by atoms with Gasteiger partial charge in [0.1, 0.15) is 0 Å². The quantitative estimate of drug-likeness (QED) is 0.728. The standard InChI is InChI=1S/C24H27N3O3/c28-21(11-24(30)26-9-8-18-4-1-2-5-19(18)15-26)16-25-12-17-10-20(14-25)22-6-3-7-23(29)27(22)13-17/h1-7,17,20H,8-16H2/t17-,20+/m0/s1. The minimum absolute atomic E-state index is 0.00992. The van der Waals surface area contributed by atoms with Gasteiger partial charge in [-0.2, -0.15) is 0 Å². The zero-order chi connectivity index (χ0) is 20.7. The van der Waals surface area contributed by atoms with E-state index < -0.39 is 0 Å². The molecular weight excluding hydrogens is 378 g/mol. The molecule has 3 aliphatic rings. The highest BCUT2D eigenvalue weighted by molar-refractivity contribution is 5.99. The molecule has 1 fully saturated rings. The van der Waals surface area contributed by atoms with E-state index in [1.165, 1.54) is 11.1 Å². The maximum Gasteiger partial charge on any atom is 0.250 e. The van der Waals surface area contributed by atoms with Crippen molar-refractivity contribution in [3.8, 4) is 0 Å². The predicted octanol–water partition coefficient (Wildman–Crippen LogP) is 1.81. The Labute approximate surface area is 176 Å². The van der Waals surface area contributed by atoms with E-state index >= 15 is 0 Å². The molecule has 4 heterocycles. The smallest absolute Gasteiger partial charge is 0.250 e. The molecule has 2 atom stereocenters. The zero-order valence-electron chi connectivity index (χ0n) is 17.1. The largest absolute Gasteiger partial charge is 0.338 e. The number of hydrogen-bond acceptors (Lipinski definition) is 4. The second kappa shape index (κ2) is 7.84. The summed E-state index contributed by atoms with van der Waals surface area (Å²) in [5.41, 5.74) is 3.63. The van der Waals surface area contributed by atoms with Gasteiger partial charge in [-0.25, -0.2) is 0 Å². The number of rotatable bonds is 4. The molecule has 0 N–H and O–H groups in total. The average Bonchev–Trinajstić information content (AvgIpc) is 2.74. The number of carbonyl (C=O) groups is 2. The number of carbonyl (C=O) groups excluding carboxylic acids is 2. The summed E-state index contributed by atoms with van der Waals surface area (Å²) in [6.07, 6.45) is 1.90. The Kier molecular flexibility index (Phi) is 5.03. The van der Waals surface area contributed by atoms with Crippen molar-refractivity contribution in [2.75, 3.05) is 26.2 Å². The molecule has 6 heteroatoms. The third kappa shape index (κ3) is 3.72. The molecule has 156 valence electrons. The minimum Gasteiger partial charge on any atom is -0.338 e. The number of aromatic nitrogens is 1. The highest BCUT2D eigenvalue weighted by atomic mass is 16.2. The van der Waals surface area contributed by atoms with E-state index in [0.29, 0.717) is 25.6 Å². The lowest BCUT2D eigenvalue weighted by atomic mass is 9.83. The van der Waals surface area contributed by atoms with Gasteiger partial charge in [-0.3, -0.25) is 19.3 Å². The van der Waals surface area contributed by atoms with Crippen LogP contribution in [0.2, 0.25) is 0 Å². The SMILES string of the molecule is O=C(CC(=O)N1CCc2ccccc2C1)CN1C[C@@H]2C[C@H](C1)c1cccc(=O)n1C2. The average molecular weight is 405 g/mol. The molecule has 0 unspecified atom stereocenters. The Hall–Kier alpha value is -2.73. The van der Waals surface area contributed by atoms with Crippen molar-refractivity contribution in [1.82, 2.24) is 14.4 Å². The number of likely N-dealkylation sites (tertiary alicyclic amines) is 1. The van der Waals surface area contributed by atoms with Crippen molar-refractivity contribution >= 4 is 11.7 Å². The first-order valence-corrected chi connectivity index (χ1v) is 10.8. The maximum absolute atomic E-state index is 12.7. The zero-order valence-corrected chi connectivity index (χ0v) is 17.1. The normalized spacial score (nSPS) is 22.9. The number of amides is 1. The lowest BCUT2D eigenvalue weighted by molar-refractivity contribution is -0.136. The van der Waals surface area contributed by atoms with Gasteiger partial charge in [-0.05, 0) is 36.0 Å². The minimum atomic E-state index is -0.0661. The third-order valence-electron chi connectivity index (χ3n) is 6.79. The van der Waals surface area contributed by atoms with Crippen LogP contribution in [0.15, 0.2) is 47.3 Å². The van der Waals surface area contributed by atoms with Crippen molar-refractivity contribution in [2.45, 2.75) is 38.3 Å². The number of ketones is 1. The lowest BCUT2D eigenvalue weighted by Gasteiger charge is -2.42. The number of pyridine rings is 1. The molecule has 0 saturated carbocycles. The van der Waals surface area contributed by atoms with Gasteiger partial charge in [-0.1, -0.05) is 30.3 Å². The second-order valence-electron chi connectivity index (χ2n) is 8.94. The molecule has 1 aromatic carbocycles. The number of hydrogen-bond donors (Lipinski definition) is 0. The van der Waals surface area contributed by atoms with Crippen LogP contribution in [0.1, 0.15) is 35.6 Å². The van der Waals surface area contributed by atoms with E-state index in [9.17, 15) is 14.4 Å². The van der Waals surface area contributed by atoms with E-state index in [0.717, 1.165) is 38.2 Å². The fourth-order valence-corrected chi connectivity index (χ4v) is 5.42. The summed E-state index contributed by atoms with van der Waals surface area (Å²) in [4.78, 5) is 41.5. The Morgan fingerprint density at radius 3 is 2.67 bits per heavy atom. The molecule has 2 aromatic rings. The van der Waals surface area contributed by atoms with Crippen molar-refractivity contribution in [3.05, 3.63) is 69.6 Å². The summed E-state index contributed by atoms with van der Waals surface area (Å²) in [6, 6.07) is 13.7. The van der Waals surface area contributed by atoms with Crippen LogP contribution in [0.4, 0.5) is 0 Å². The number of benzene rings is 1. The first-order chi connectivity index (χ1) is 14.6. The van der Waals surface area contributed by atoms with Crippen molar-refractivity contribution < 1.29 is 9.59 Å². The van der Waals surface area contributed by atoms with E-state index in [4.69, 9.17) is 0 Å². The summed E-state index contributed by atoms with van der Waals surface area (Å²) >= 11 is 0. The molecule has 1 aromatic heterocycles. The summed E-state index contributed by atoms with van der Waals surface area (Å²) in [5, 5.41) is 0. The molecular formula is C24H27N3O3. The predicted molar refractivity (Wildman–Crippen MR) is 113 cm³/mol. The van der Waals surface area contributed by atoms with Gasteiger partial charge < -0.3 is 9.47 Å². The Balaban J connectivity index is 1.19. The molecule has 2 bridgehead atoms. The summed E-state index contributed by atoms with van der Waals surface area (Å²) in [7, 11) is 0. The summed E-state index contributed by atoms with van der Waals surface area (Å²) in [5.74, 6) is 0.597. The van der Waals surface area contributed by atoms with Gasteiger partial charge in [0.2, 0.25) is 5.91 Å². The van der Waals surface area contributed by atoms with Crippen LogP contribution < -0.4 is 5.56 Å². The fourth-order valence-electron chi connectivity index (χ4n) is 5.42. The van der Waals surface area contributed by atoms with Crippen LogP contribution in [-0.2, 0) is 29.1 Å². The van der Waals surface area contributed by atoms with Crippen LogP contribution in [0.25, 0.3) is 0 Å². The molecule has 1 saturated heterocycles. The van der Waals surface area contributed by atoms with E-state index in [2.05, 4.69) is 17.0 Å². The molecule has 6 nitrogen and oxygen atoms in total. The number of fused-ring (bicyclic) bond motifs is 5. The highest BCUT2D eigenvalue weighted by Gasteiger charge is 2.35. The van der Waals surface area contributed by atoms with Crippen molar-refractivity contribution in [2.24, 2.45) is 5.92 Å². The van der Waals surface area contributed by atoms with Crippen molar-refractivity contribution in [1.29, 1.82) is 0 Å². The first kappa shape index (κ1) is 19.2. The van der Waals surface area contributed by atoms with Gasteiger partial charge >= 0.3 is 0 Å². The van der Waals surface area contributed by atoms with Crippen LogP contribution >= 0.6 is 0 Å². The van der Waals surface area contributed by atoms with Crippen LogP contribution in [0.5, 0.6) is 0 Å². The molecule has 30 heavy (non-hydrogen) atoms. The fraction of sp³-hybridized carbons (Fsp3) is 0.458. The van der Waals surface area contributed by atoms with E-state index in [1.807, 2.05) is 33.7 Å². The summed E-state index contributed by atoms with van der Waals surface area (Å²) in [6.45, 7) is 3.91. The van der Waals surface area contributed by atoms with E-state index in [1.54, 1.807) is 6.07 Å². The van der Waals surface area contributed by atoms with Gasteiger partial charge in [0.05, 0.1) is 13.0 Å². The van der Waals surface area contributed by atoms with E-state index in [-0.39, 0.29) is 29.6 Å². The van der Waals surface area contributed by atoms with Crippen LogP contribution in [-0.4, -0.2) is 52.2 Å². The molecule has 0 spiro atoms. The molecule has 1 amide bonds. The first-order valence-electron chi connectivity index (χ1n) is 10.8. The van der Waals surface area contributed by atoms with Crippen molar-refractivity contribution in [3.63, 3.8) is 0 Å². The topological polar surface area (TPSA) is 62.6 Å². The Morgan fingerprint density at radius 1 is 0.967 bits per heavy atom. The van der Waals surface area contributed by atoms with Crippen LogP contribution in [0, 0.1) is 5.92 Å². The van der Waals surface area contributed by atoms with Gasteiger partial charge in [0, 0.05) is 50.4 Å². The van der Waals surface area contributed by atoms with Gasteiger partial charge in [0.25, 0.3) is 5.56 Å². The Bertz CT molecular complexity index is 1040.